The van der Waals surface area contributed by atoms with Crippen LogP contribution in [0, 0.1) is 5.92 Å². The first-order chi connectivity index (χ1) is 12.3. The summed E-state index contributed by atoms with van der Waals surface area (Å²) in [6, 6.07) is 9.94. The van der Waals surface area contributed by atoms with E-state index in [4.69, 9.17) is 18.9 Å². The van der Waals surface area contributed by atoms with Gasteiger partial charge in [0.1, 0.15) is 6.10 Å². The van der Waals surface area contributed by atoms with Crippen LogP contribution in [0.2, 0.25) is 0 Å². The maximum Gasteiger partial charge on any atom is 0.231 e. The van der Waals surface area contributed by atoms with Crippen molar-refractivity contribution in [3.8, 4) is 0 Å². The predicted molar refractivity (Wildman–Crippen MR) is 94.1 cm³/mol. The van der Waals surface area contributed by atoms with Gasteiger partial charge in [0.15, 0.2) is 11.6 Å². The van der Waals surface area contributed by atoms with Crippen molar-refractivity contribution in [1.29, 1.82) is 0 Å². The number of likely N-dealkylation sites (tertiary alicyclic amines) is 1. The molecule has 142 valence electrons. The Bertz CT molecular complexity index is 674. The molecule has 6 heteroatoms. The highest BCUT2D eigenvalue weighted by atomic mass is 16.8. The zero-order valence-corrected chi connectivity index (χ0v) is 15.8. The highest BCUT2D eigenvalue weighted by Crippen LogP contribution is 2.42. The third-order valence-corrected chi connectivity index (χ3v) is 5.33. The second-order valence-corrected chi connectivity index (χ2v) is 8.20. The van der Waals surface area contributed by atoms with Crippen LogP contribution in [-0.2, 0) is 30.3 Å². The van der Waals surface area contributed by atoms with Gasteiger partial charge >= 0.3 is 0 Å². The van der Waals surface area contributed by atoms with Crippen molar-refractivity contribution < 1.29 is 23.7 Å². The second-order valence-electron chi connectivity index (χ2n) is 8.20. The van der Waals surface area contributed by atoms with Crippen LogP contribution in [0.15, 0.2) is 30.3 Å². The quantitative estimate of drug-likeness (QED) is 0.771. The maximum absolute atomic E-state index is 13.0. The van der Waals surface area contributed by atoms with Crippen molar-refractivity contribution in [1.82, 2.24) is 4.90 Å². The van der Waals surface area contributed by atoms with Crippen molar-refractivity contribution in [3.63, 3.8) is 0 Å². The minimum atomic E-state index is -0.651. The molecule has 26 heavy (non-hydrogen) atoms. The van der Waals surface area contributed by atoms with E-state index in [1.54, 1.807) is 0 Å². The van der Waals surface area contributed by atoms with Crippen molar-refractivity contribution >= 4 is 5.91 Å². The minimum absolute atomic E-state index is 0.0769. The first-order valence-electron chi connectivity index (χ1n) is 9.24. The molecule has 0 aromatic heterocycles. The summed E-state index contributed by atoms with van der Waals surface area (Å²) < 4.78 is 23.6. The molecule has 0 radical (unpaired) electrons. The van der Waals surface area contributed by atoms with Crippen LogP contribution in [0.25, 0.3) is 0 Å². The van der Waals surface area contributed by atoms with Crippen LogP contribution < -0.4 is 0 Å². The lowest BCUT2D eigenvalue weighted by atomic mass is 9.79. The van der Waals surface area contributed by atoms with Crippen molar-refractivity contribution in [2.45, 2.75) is 64.1 Å². The van der Waals surface area contributed by atoms with E-state index in [-0.39, 0.29) is 30.1 Å². The zero-order chi connectivity index (χ0) is 18.5. The first-order valence-corrected chi connectivity index (χ1v) is 9.24. The number of amides is 1. The number of rotatable bonds is 4. The molecule has 4 atom stereocenters. The van der Waals surface area contributed by atoms with Crippen molar-refractivity contribution in [2.24, 2.45) is 5.92 Å². The van der Waals surface area contributed by atoms with Gasteiger partial charge in [-0.25, -0.2) is 0 Å². The smallest absolute Gasteiger partial charge is 0.231 e. The van der Waals surface area contributed by atoms with Crippen LogP contribution >= 0.6 is 0 Å². The van der Waals surface area contributed by atoms with Gasteiger partial charge < -0.3 is 23.8 Å². The van der Waals surface area contributed by atoms with Crippen LogP contribution in [0.4, 0.5) is 0 Å². The standard InChI is InChI=1S/C20H27NO5/c1-19(2)23-11-14(25-19)16-17(15-12-24-20(3,4)26-15)21(18(16)22)10-13-8-6-5-7-9-13/h5-9,14-17H,10-12H2,1-4H3/t14-,15-,16+,17+/m1/s1. The molecule has 1 aromatic rings. The van der Waals surface area contributed by atoms with Crippen molar-refractivity contribution in [2.75, 3.05) is 13.2 Å². The van der Waals surface area contributed by atoms with Gasteiger partial charge in [0.2, 0.25) is 5.91 Å². The fraction of sp³-hybridized carbons (Fsp3) is 0.650. The number of carbonyl (C=O) groups excluding carboxylic acids is 1. The summed E-state index contributed by atoms with van der Waals surface area (Å²) in [5, 5.41) is 0. The van der Waals surface area contributed by atoms with E-state index in [2.05, 4.69) is 0 Å². The fourth-order valence-corrected chi connectivity index (χ4v) is 4.15. The molecule has 0 aliphatic carbocycles. The second kappa shape index (κ2) is 6.30. The van der Waals surface area contributed by atoms with Gasteiger partial charge in [0, 0.05) is 6.54 Å². The monoisotopic (exact) mass is 361 g/mol. The molecule has 1 aromatic carbocycles. The Labute approximate surface area is 154 Å². The van der Waals surface area contributed by atoms with Crippen molar-refractivity contribution in [3.05, 3.63) is 35.9 Å². The molecule has 0 unspecified atom stereocenters. The number of hydrogen-bond donors (Lipinski definition) is 0. The Morgan fingerprint density at radius 1 is 0.962 bits per heavy atom. The van der Waals surface area contributed by atoms with E-state index in [9.17, 15) is 4.79 Å². The molecule has 0 bridgehead atoms. The Balaban J connectivity index is 1.55. The summed E-state index contributed by atoms with van der Waals surface area (Å²) in [5.74, 6) is -1.44. The molecule has 0 N–H and O–H groups in total. The summed E-state index contributed by atoms with van der Waals surface area (Å²) in [4.78, 5) is 14.9. The molecule has 6 nitrogen and oxygen atoms in total. The number of benzene rings is 1. The molecule has 1 amide bonds. The molecule has 4 rings (SSSR count). The number of carbonyl (C=O) groups is 1. The topological polar surface area (TPSA) is 57.2 Å². The highest BCUT2D eigenvalue weighted by molar-refractivity contribution is 5.87. The summed E-state index contributed by atoms with van der Waals surface area (Å²) in [7, 11) is 0. The molecule has 0 saturated carbocycles. The molecule has 0 spiro atoms. The normalized spacial score (nSPS) is 35.5. The molecule has 3 heterocycles. The Morgan fingerprint density at radius 2 is 1.54 bits per heavy atom. The number of hydrogen-bond acceptors (Lipinski definition) is 5. The Kier molecular flexibility index (Phi) is 4.34. The largest absolute Gasteiger partial charge is 0.348 e. The number of β-lactam (4-membered cyclic amide) rings is 1. The zero-order valence-electron chi connectivity index (χ0n) is 15.8. The summed E-state index contributed by atoms with van der Waals surface area (Å²) in [5.41, 5.74) is 1.10. The molecule has 3 saturated heterocycles. The maximum atomic E-state index is 13.0. The van der Waals surface area contributed by atoms with Crippen LogP contribution in [0.1, 0.15) is 33.3 Å². The van der Waals surface area contributed by atoms with Gasteiger partial charge in [-0.05, 0) is 33.3 Å². The van der Waals surface area contributed by atoms with Gasteiger partial charge in [0.05, 0.1) is 31.3 Å². The van der Waals surface area contributed by atoms with Crippen LogP contribution in [0.3, 0.4) is 0 Å². The minimum Gasteiger partial charge on any atom is -0.348 e. The van der Waals surface area contributed by atoms with Gasteiger partial charge in [0.25, 0.3) is 0 Å². The average Bonchev–Trinajstić information content (AvgIpc) is 3.12. The molecule has 3 fully saturated rings. The summed E-state index contributed by atoms with van der Waals surface area (Å²) >= 11 is 0. The lowest BCUT2D eigenvalue weighted by Gasteiger charge is -2.51. The van der Waals surface area contributed by atoms with E-state index >= 15 is 0 Å². The molecule has 3 aliphatic rings. The van der Waals surface area contributed by atoms with Crippen LogP contribution in [0.5, 0.6) is 0 Å². The third kappa shape index (κ3) is 3.27. The Morgan fingerprint density at radius 3 is 2.08 bits per heavy atom. The lowest BCUT2D eigenvalue weighted by molar-refractivity contribution is -0.198. The van der Waals surface area contributed by atoms with Gasteiger partial charge in [-0.15, -0.1) is 0 Å². The lowest BCUT2D eigenvalue weighted by Crippen LogP contribution is -2.69. The van der Waals surface area contributed by atoms with Gasteiger partial charge in [-0.1, -0.05) is 30.3 Å². The van der Waals surface area contributed by atoms with E-state index in [0.717, 1.165) is 5.56 Å². The molecular formula is C20H27NO5. The average molecular weight is 361 g/mol. The predicted octanol–water partition coefficient (Wildman–Crippen LogP) is 2.32. The van der Waals surface area contributed by atoms with E-state index < -0.39 is 11.6 Å². The number of nitrogens with zero attached hydrogens (tertiary/aromatic N) is 1. The summed E-state index contributed by atoms with van der Waals surface area (Å²) in [6.45, 7) is 9.04. The van der Waals surface area contributed by atoms with Gasteiger partial charge in [-0.3, -0.25) is 4.79 Å². The van der Waals surface area contributed by atoms with Crippen LogP contribution in [-0.4, -0.2) is 53.8 Å². The number of ether oxygens (including phenoxy) is 4. The first kappa shape index (κ1) is 17.9. The highest BCUT2D eigenvalue weighted by Gasteiger charge is 2.59. The van der Waals surface area contributed by atoms with E-state index in [1.807, 2.05) is 62.9 Å². The fourth-order valence-electron chi connectivity index (χ4n) is 4.15. The van der Waals surface area contributed by atoms with E-state index in [1.165, 1.54) is 0 Å². The van der Waals surface area contributed by atoms with Gasteiger partial charge in [-0.2, -0.15) is 0 Å². The van der Waals surface area contributed by atoms with E-state index in [0.29, 0.717) is 19.8 Å². The molecular weight excluding hydrogens is 334 g/mol. The third-order valence-electron chi connectivity index (χ3n) is 5.33. The summed E-state index contributed by atoms with van der Waals surface area (Å²) in [6.07, 6.45) is -0.412. The molecule has 3 aliphatic heterocycles. The SMILES string of the molecule is CC1(C)OC[C@H]([C@@H]2C(=O)N(Cc3ccccc3)[C@H]2[C@H]2COC(C)(C)O2)O1. The Hall–Kier alpha value is -1.47.